The minimum Gasteiger partial charge on any atom is -0.479 e. The zero-order chi connectivity index (χ0) is 32.8. The van der Waals surface area contributed by atoms with E-state index in [1.807, 2.05) is 48.5 Å². The van der Waals surface area contributed by atoms with Crippen LogP contribution in [0.5, 0.6) is 11.8 Å². The Hall–Kier alpha value is -5.20. The lowest BCUT2D eigenvalue weighted by atomic mass is 10.1. The third-order valence-corrected chi connectivity index (χ3v) is 7.10. The molecule has 0 amide bonds. The molecule has 0 aliphatic heterocycles. The lowest BCUT2D eigenvalue weighted by molar-refractivity contribution is 0.0522. The first kappa shape index (κ1) is 32.2. The summed E-state index contributed by atoms with van der Waals surface area (Å²) in [4.78, 5) is 31.5. The maximum atomic E-state index is 11.9. The summed E-state index contributed by atoms with van der Waals surface area (Å²) < 4.78 is 18.3. The molecular weight excluding hydrogens is 635 g/mol. The molecule has 0 saturated heterocycles. The molecular formula is C32H28Cl2N6O6. The third-order valence-electron chi connectivity index (χ3n) is 6.68. The van der Waals surface area contributed by atoms with Crippen molar-refractivity contribution in [3.63, 3.8) is 0 Å². The summed E-state index contributed by atoms with van der Waals surface area (Å²) in [6.07, 6.45) is 6.29. The number of pyridine rings is 2. The molecule has 4 aromatic heterocycles. The number of aromatic nitrogens is 6. The van der Waals surface area contributed by atoms with Crippen molar-refractivity contribution < 1.29 is 28.9 Å². The molecule has 0 fully saturated rings. The standard InChI is InChI=1S/C17H16ClN3O3.C15H12ClN3O3/c1-3-24-17(22)14-10-21(20-16(14)23-2)9-11-4-5-15-12(6-11)7-13(18)8-19-15;1-22-14-12(15(20)21)8-19(18-14)7-9-2-3-13-10(4-9)5-11(16)6-17-13/h4-8,10H,3,9H2,1-2H3;2-6,8H,7H2,1H3,(H,20,21). The normalized spacial score (nSPS) is 10.8. The number of rotatable bonds is 9. The molecule has 14 heteroatoms. The van der Waals surface area contributed by atoms with Gasteiger partial charge in [-0.2, -0.15) is 0 Å². The summed E-state index contributed by atoms with van der Waals surface area (Å²) in [6.45, 7) is 2.96. The molecule has 4 heterocycles. The van der Waals surface area contributed by atoms with Crippen LogP contribution in [0.1, 0.15) is 38.8 Å². The summed E-state index contributed by atoms with van der Waals surface area (Å²) in [5.41, 5.74) is 4.02. The van der Waals surface area contributed by atoms with Gasteiger partial charge in [0.15, 0.2) is 0 Å². The second kappa shape index (κ2) is 14.3. The number of esters is 1. The Bertz CT molecular complexity index is 2040. The van der Waals surface area contributed by atoms with Crippen LogP contribution >= 0.6 is 23.2 Å². The molecule has 0 aliphatic rings. The molecule has 1 N–H and O–H groups in total. The van der Waals surface area contributed by atoms with E-state index in [-0.39, 0.29) is 17.3 Å². The number of carbonyl (C=O) groups is 2. The van der Waals surface area contributed by atoms with E-state index in [2.05, 4.69) is 20.2 Å². The van der Waals surface area contributed by atoms with E-state index in [0.29, 0.717) is 35.3 Å². The van der Waals surface area contributed by atoms with Crippen molar-refractivity contribution in [3.8, 4) is 11.8 Å². The van der Waals surface area contributed by atoms with Crippen molar-refractivity contribution in [2.24, 2.45) is 0 Å². The first-order valence-electron chi connectivity index (χ1n) is 13.9. The smallest absolute Gasteiger partial charge is 0.345 e. The second-order valence-electron chi connectivity index (χ2n) is 9.89. The summed E-state index contributed by atoms with van der Waals surface area (Å²) in [5, 5.41) is 20.5. The molecule has 2 aromatic carbocycles. The van der Waals surface area contributed by atoms with Crippen LogP contribution in [0.15, 0.2) is 73.3 Å². The zero-order valence-electron chi connectivity index (χ0n) is 25.0. The van der Waals surface area contributed by atoms with Gasteiger partial charge < -0.3 is 19.3 Å². The predicted molar refractivity (Wildman–Crippen MR) is 172 cm³/mol. The number of benzene rings is 2. The quantitative estimate of drug-likeness (QED) is 0.179. The van der Waals surface area contributed by atoms with Gasteiger partial charge in [-0.3, -0.25) is 19.3 Å². The molecule has 236 valence electrons. The Balaban J connectivity index is 0.000000182. The third kappa shape index (κ3) is 7.53. The maximum absolute atomic E-state index is 11.9. The molecule has 6 aromatic rings. The molecule has 12 nitrogen and oxygen atoms in total. The van der Waals surface area contributed by atoms with E-state index in [1.165, 1.54) is 25.1 Å². The van der Waals surface area contributed by atoms with Crippen LogP contribution in [0.4, 0.5) is 0 Å². The fourth-order valence-electron chi connectivity index (χ4n) is 4.65. The van der Waals surface area contributed by atoms with Crippen LogP contribution in [0.2, 0.25) is 10.0 Å². The molecule has 0 atom stereocenters. The monoisotopic (exact) mass is 662 g/mol. The average molecular weight is 664 g/mol. The fourth-order valence-corrected chi connectivity index (χ4v) is 4.98. The summed E-state index contributed by atoms with van der Waals surface area (Å²) >= 11 is 11.9. The SMILES string of the molecule is CCOC(=O)c1cn(Cc2ccc3ncc(Cl)cc3c2)nc1OC.COc1nn(Cc2ccc3ncc(Cl)cc3c2)cc1C(=O)O. The van der Waals surface area contributed by atoms with Crippen molar-refractivity contribution in [3.05, 3.63) is 106 Å². The van der Waals surface area contributed by atoms with Gasteiger partial charge in [0, 0.05) is 35.6 Å². The first-order valence-corrected chi connectivity index (χ1v) is 14.6. The number of hydrogen-bond donors (Lipinski definition) is 1. The number of carbonyl (C=O) groups excluding carboxylic acids is 1. The molecule has 6 rings (SSSR count). The maximum Gasteiger partial charge on any atom is 0.345 e. The van der Waals surface area contributed by atoms with Crippen LogP contribution in [0, 0.1) is 0 Å². The van der Waals surface area contributed by atoms with Crippen LogP contribution in [0.3, 0.4) is 0 Å². The van der Waals surface area contributed by atoms with Crippen LogP contribution < -0.4 is 9.47 Å². The molecule has 0 unspecified atom stereocenters. The van der Waals surface area contributed by atoms with Gasteiger partial charge in [0.2, 0.25) is 11.8 Å². The number of carboxylic acids is 1. The van der Waals surface area contributed by atoms with Gasteiger partial charge in [-0.25, -0.2) is 9.59 Å². The van der Waals surface area contributed by atoms with E-state index < -0.39 is 11.9 Å². The molecule has 0 saturated carbocycles. The van der Waals surface area contributed by atoms with Gasteiger partial charge in [0.1, 0.15) is 11.1 Å². The Morgan fingerprint density at radius 1 is 0.761 bits per heavy atom. The fraction of sp³-hybridized carbons (Fsp3) is 0.188. The van der Waals surface area contributed by atoms with Crippen molar-refractivity contribution in [1.82, 2.24) is 29.5 Å². The Morgan fingerprint density at radius 3 is 1.67 bits per heavy atom. The number of nitrogens with zero attached hydrogens (tertiary/aromatic N) is 6. The molecule has 0 aliphatic carbocycles. The van der Waals surface area contributed by atoms with E-state index in [1.54, 1.807) is 30.2 Å². The van der Waals surface area contributed by atoms with Crippen molar-refractivity contribution in [1.29, 1.82) is 0 Å². The Labute approximate surface area is 273 Å². The van der Waals surface area contributed by atoms with E-state index in [4.69, 9.17) is 42.5 Å². The number of hydrogen-bond acceptors (Lipinski definition) is 9. The summed E-state index contributed by atoms with van der Waals surface area (Å²) in [5.74, 6) is -1.18. The highest BCUT2D eigenvalue weighted by Crippen LogP contribution is 2.22. The Kier molecular flexibility index (Phi) is 9.99. The van der Waals surface area contributed by atoms with E-state index in [0.717, 1.165) is 32.9 Å². The number of fused-ring (bicyclic) bond motifs is 2. The van der Waals surface area contributed by atoms with E-state index in [9.17, 15) is 9.59 Å². The first-order chi connectivity index (χ1) is 22.2. The number of methoxy groups -OCH3 is 2. The van der Waals surface area contributed by atoms with Gasteiger partial charge in [-0.15, -0.1) is 10.2 Å². The number of halogens is 2. The van der Waals surface area contributed by atoms with Crippen LogP contribution in [-0.2, 0) is 17.8 Å². The highest BCUT2D eigenvalue weighted by molar-refractivity contribution is 6.31. The molecule has 0 spiro atoms. The molecule has 0 bridgehead atoms. The zero-order valence-corrected chi connectivity index (χ0v) is 26.5. The number of ether oxygens (including phenoxy) is 3. The van der Waals surface area contributed by atoms with Gasteiger partial charge in [-0.05, 0) is 54.4 Å². The lowest BCUT2D eigenvalue weighted by Gasteiger charge is -2.04. The van der Waals surface area contributed by atoms with Crippen molar-refractivity contribution >= 4 is 56.9 Å². The molecule has 0 radical (unpaired) electrons. The number of carboxylic acid groups (broad SMARTS) is 1. The number of aromatic carboxylic acids is 1. The van der Waals surface area contributed by atoms with Crippen molar-refractivity contribution in [2.45, 2.75) is 20.0 Å². The predicted octanol–water partition coefficient (Wildman–Crippen LogP) is 6.16. The average Bonchev–Trinajstić information content (AvgIpc) is 3.65. The Morgan fingerprint density at radius 2 is 1.24 bits per heavy atom. The van der Waals surface area contributed by atoms with Crippen molar-refractivity contribution in [2.75, 3.05) is 20.8 Å². The van der Waals surface area contributed by atoms with Crippen LogP contribution in [-0.4, -0.2) is 67.4 Å². The second-order valence-corrected chi connectivity index (χ2v) is 10.8. The topological polar surface area (TPSA) is 143 Å². The van der Waals surface area contributed by atoms with Gasteiger partial charge in [0.05, 0.1) is 55.0 Å². The van der Waals surface area contributed by atoms with Gasteiger partial charge >= 0.3 is 11.9 Å². The highest BCUT2D eigenvalue weighted by Gasteiger charge is 2.19. The van der Waals surface area contributed by atoms with Crippen LogP contribution in [0.25, 0.3) is 21.8 Å². The molecule has 46 heavy (non-hydrogen) atoms. The lowest BCUT2D eigenvalue weighted by Crippen LogP contribution is -2.05. The van der Waals surface area contributed by atoms with Gasteiger partial charge in [-0.1, -0.05) is 35.3 Å². The summed E-state index contributed by atoms with van der Waals surface area (Å²) in [7, 11) is 2.86. The summed E-state index contributed by atoms with van der Waals surface area (Å²) in [6, 6.07) is 15.3. The largest absolute Gasteiger partial charge is 0.479 e. The van der Waals surface area contributed by atoms with Gasteiger partial charge in [0.25, 0.3) is 0 Å². The minimum atomic E-state index is -1.07. The highest BCUT2D eigenvalue weighted by atomic mass is 35.5. The minimum absolute atomic E-state index is 0.0352. The van der Waals surface area contributed by atoms with E-state index >= 15 is 0 Å².